The lowest BCUT2D eigenvalue weighted by atomic mass is 9.85. The van der Waals surface area contributed by atoms with E-state index in [9.17, 15) is 4.89 Å². The van der Waals surface area contributed by atoms with E-state index in [4.69, 9.17) is 16.3 Å². The van der Waals surface area contributed by atoms with Crippen LogP contribution < -0.4 is 0 Å². The first-order valence-corrected chi connectivity index (χ1v) is 12.1. The monoisotopic (exact) mass is 354 g/mol. The Labute approximate surface area is 141 Å². The molecular weight excluding hydrogens is 319 g/mol. The maximum Gasteiger partial charge on any atom is 0.244 e. The van der Waals surface area contributed by atoms with Gasteiger partial charge >= 0.3 is 0 Å². The highest BCUT2D eigenvalue weighted by Crippen LogP contribution is 2.58. The molecule has 128 valence electrons. The first-order valence-electron chi connectivity index (χ1n) is 7.87. The third-order valence-corrected chi connectivity index (χ3v) is 7.80. The third-order valence-electron chi connectivity index (χ3n) is 3.16. The minimum Gasteiger partial charge on any atom is -0.337 e. The van der Waals surface area contributed by atoms with Crippen LogP contribution in [0, 0.1) is 22.7 Å². The average Bonchev–Trinajstić information content (AvgIpc) is 2.21. The van der Waals surface area contributed by atoms with Crippen LogP contribution in [0.2, 0.25) is 0 Å². The molecule has 0 spiro atoms. The second-order valence-electron chi connectivity index (χ2n) is 8.54. The molecule has 0 amide bonds. The lowest BCUT2D eigenvalue weighted by Crippen LogP contribution is -2.21. The molecule has 5 heteroatoms. The van der Waals surface area contributed by atoms with Gasteiger partial charge in [0.15, 0.2) is 0 Å². The van der Waals surface area contributed by atoms with Gasteiger partial charge in [-0.15, -0.1) is 0 Å². The van der Waals surface area contributed by atoms with Gasteiger partial charge in [-0.25, -0.2) is 0 Å². The fourth-order valence-corrected chi connectivity index (χ4v) is 6.65. The van der Waals surface area contributed by atoms with Crippen molar-refractivity contribution in [2.75, 3.05) is 12.4 Å². The van der Waals surface area contributed by atoms with Crippen LogP contribution in [0.1, 0.15) is 68.2 Å². The SMILES string of the molecule is CC(C)CC(C)(C)COP(O)(=S)SCC(C)(C)CC(C)C. The Morgan fingerprint density at radius 2 is 1.43 bits per heavy atom. The molecule has 0 aromatic carbocycles. The highest BCUT2D eigenvalue weighted by molar-refractivity contribution is 8.67. The molecule has 0 bridgehead atoms. The van der Waals surface area contributed by atoms with Gasteiger partial charge in [-0.05, 0) is 47.3 Å². The van der Waals surface area contributed by atoms with Gasteiger partial charge in [-0.1, -0.05) is 66.8 Å². The molecule has 0 saturated heterocycles. The molecule has 0 heterocycles. The molecule has 0 radical (unpaired) electrons. The van der Waals surface area contributed by atoms with Crippen molar-refractivity contribution in [2.45, 2.75) is 68.2 Å². The van der Waals surface area contributed by atoms with E-state index in [2.05, 4.69) is 55.4 Å². The predicted molar refractivity (Wildman–Crippen MR) is 101 cm³/mol. The predicted octanol–water partition coefficient (Wildman–Crippen LogP) is 6.10. The molecule has 0 aliphatic carbocycles. The minimum atomic E-state index is -2.72. The van der Waals surface area contributed by atoms with Crippen molar-refractivity contribution >= 4 is 28.9 Å². The van der Waals surface area contributed by atoms with E-state index in [-0.39, 0.29) is 10.8 Å². The summed E-state index contributed by atoms with van der Waals surface area (Å²) >= 11 is 6.76. The smallest absolute Gasteiger partial charge is 0.244 e. The zero-order chi connectivity index (χ0) is 16.9. The Kier molecular flexibility index (Phi) is 9.06. The zero-order valence-electron chi connectivity index (χ0n) is 15.1. The summed E-state index contributed by atoms with van der Waals surface area (Å²) < 4.78 is 5.74. The Bertz CT molecular complexity index is 322. The topological polar surface area (TPSA) is 29.5 Å². The van der Waals surface area contributed by atoms with E-state index >= 15 is 0 Å². The van der Waals surface area contributed by atoms with Gasteiger partial charge in [0, 0.05) is 5.75 Å². The lowest BCUT2D eigenvalue weighted by molar-refractivity contribution is 0.158. The van der Waals surface area contributed by atoms with Crippen LogP contribution in [0.4, 0.5) is 0 Å². The molecule has 1 N–H and O–H groups in total. The summed E-state index contributed by atoms with van der Waals surface area (Å²) in [5.41, 5.74) is -2.47. The van der Waals surface area contributed by atoms with Crippen molar-refractivity contribution in [1.29, 1.82) is 0 Å². The van der Waals surface area contributed by atoms with Crippen LogP contribution in [0.3, 0.4) is 0 Å². The number of rotatable bonds is 10. The van der Waals surface area contributed by atoms with E-state index in [1.807, 2.05) is 0 Å². The fraction of sp³-hybridized carbons (Fsp3) is 1.00. The van der Waals surface area contributed by atoms with Crippen molar-refractivity contribution in [2.24, 2.45) is 22.7 Å². The molecular formula is C16H35O2PS2. The van der Waals surface area contributed by atoms with Crippen LogP contribution in [-0.4, -0.2) is 17.3 Å². The Balaban J connectivity index is 4.35. The summed E-state index contributed by atoms with van der Waals surface area (Å²) in [6, 6.07) is 0. The van der Waals surface area contributed by atoms with Gasteiger partial charge in [-0.2, -0.15) is 0 Å². The molecule has 0 fully saturated rings. The second kappa shape index (κ2) is 8.68. The van der Waals surface area contributed by atoms with Crippen molar-refractivity contribution in [1.82, 2.24) is 0 Å². The van der Waals surface area contributed by atoms with Gasteiger partial charge in [0.1, 0.15) is 0 Å². The van der Waals surface area contributed by atoms with Crippen molar-refractivity contribution in [3.63, 3.8) is 0 Å². The van der Waals surface area contributed by atoms with E-state index < -0.39 is 5.69 Å². The van der Waals surface area contributed by atoms with Crippen molar-refractivity contribution in [3.05, 3.63) is 0 Å². The van der Waals surface area contributed by atoms with Gasteiger partial charge < -0.3 is 9.42 Å². The number of hydrogen-bond acceptors (Lipinski definition) is 3. The van der Waals surface area contributed by atoms with Crippen LogP contribution in [0.15, 0.2) is 0 Å². The normalized spacial score (nSPS) is 16.5. The zero-order valence-corrected chi connectivity index (χ0v) is 17.6. The number of hydrogen-bond donors (Lipinski definition) is 1. The summed E-state index contributed by atoms with van der Waals surface area (Å²) in [7, 11) is 0. The van der Waals surface area contributed by atoms with E-state index in [0.717, 1.165) is 18.6 Å². The summed E-state index contributed by atoms with van der Waals surface area (Å²) in [6.07, 6.45) is 2.21. The second-order valence-corrected chi connectivity index (χ2v) is 14.7. The molecule has 0 aliphatic rings. The molecule has 0 aromatic rings. The van der Waals surface area contributed by atoms with E-state index in [0.29, 0.717) is 18.4 Å². The van der Waals surface area contributed by atoms with Gasteiger partial charge in [-0.3, -0.25) is 0 Å². The fourth-order valence-electron chi connectivity index (χ4n) is 2.88. The standard InChI is InChI=1S/C16H35O2PS2/c1-13(2)9-15(5,6)11-18-19(17,20)21-12-16(7,8)10-14(3)4/h13-14H,9-12H2,1-8H3,(H,17,20). The molecule has 0 rings (SSSR count). The van der Waals surface area contributed by atoms with Crippen LogP contribution >= 0.6 is 17.1 Å². The van der Waals surface area contributed by atoms with E-state index in [1.54, 1.807) is 0 Å². The summed E-state index contributed by atoms with van der Waals surface area (Å²) in [5.74, 6) is 2.13. The lowest BCUT2D eigenvalue weighted by Gasteiger charge is -2.30. The summed E-state index contributed by atoms with van der Waals surface area (Å²) in [5, 5.41) is 0. The maximum atomic E-state index is 10.4. The van der Waals surface area contributed by atoms with Crippen LogP contribution in [0.5, 0.6) is 0 Å². The first-order chi connectivity index (χ1) is 9.25. The largest absolute Gasteiger partial charge is 0.337 e. The molecule has 2 nitrogen and oxygen atoms in total. The highest BCUT2D eigenvalue weighted by Gasteiger charge is 2.27. The average molecular weight is 355 g/mol. The van der Waals surface area contributed by atoms with Gasteiger partial charge in [0.05, 0.1) is 6.61 Å². The van der Waals surface area contributed by atoms with Crippen LogP contribution in [-0.2, 0) is 16.3 Å². The molecule has 0 saturated carbocycles. The van der Waals surface area contributed by atoms with Gasteiger partial charge in [0.2, 0.25) is 5.69 Å². The highest BCUT2D eigenvalue weighted by atomic mass is 32.9. The van der Waals surface area contributed by atoms with Gasteiger partial charge in [0.25, 0.3) is 0 Å². The Morgan fingerprint density at radius 3 is 1.86 bits per heavy atom. The molecule has 1 unspecified atom stereocenters. The quantitative estimate of drug-likeness (QED) is 0.480. The molecule has 0 aromatic heterocycles. The van der Waals surface area contributed by atoms with Crippen molar-refractivity contribution in [3.8, 4) is 0 Å². The minimum absolute atomic E-state index is 0.0645. The summed E-state index contributed by atoms with van der Waals surface area (Å²) in [6.45, 7) is 18.2. The molecule has 21 heavy (non-hydrogen) atoms. The molecule has 1 atom stereocenters. The molecule has 0 aliphatic heterocycles. The third kappa shape index (κ3) is 12.1. The Morgan fingerprint density at radius 1 is 1.00 bits per heavy atom. The van der Waals surface area contributed by atoms with E-state index in [1.165, 1.54) is 11.4 Å². The maximum absolute atomic E-state index is 10.4. The van der Waals surface area contributed by atoms with Crippen molar-refractivity contribution < 1.29 is 9.42 Å². The Hall–Kier alpha value is 0.920. The first kappa shape index (κ1) is 21.9. The summed E-state index contributed by atoms with van der Waals surface area (Å²) in [4.78, 5) is 10.4. The van der Waals surface area contributed by atoms with Crippen LogP contribution in [0.25, 0.3) is 0 Å².